The van der Waals surface area contributed by atoms with Gasteiger partial charge in [-0.3, -0.25) is 4.79 Å². The van der Waals surface area contributed by atoms with Crippen molar-refractivity contribution >= 4 is 5.91 Å². The zero-order chi connectivity index (χ0) is 19.5. The molecule has 0 atom stereocenters. The Morgan fingerprint density at radius 2 is 1.85 bits per heavy atom. The van der Waals surface area contributed by atoms with Crippen molar-refractivity contribution in [3.63, 3.8) is 0 Å². The number of aryl methyl sites for hydroxylation is 1. The minimum Gasteiger partial charge on any atom is -0.496 e. The molecular weight excluding hydrogens is 324 g/mol. The van der Waals surface area contributed by atoms with Crippen molar-refractivity contribution in [1.82, 2.24) is 10.2 Å². The molecule has 0 aliphatic carbocycles. The van der Waals surface area contributed by atoms with Crippen LogP contribution in [0.4, 0.5) is 0 Å². The summed E-state index contributed by atoms with van der Waals surface area (Å²) in [6.07, 6.45) is 4.04. The molecular formula is C22H36N2O2. The SMILES string of the molecule is CCCCN(C(=O)c1ccc(C)c(OC)c1)C1CC(C)(C)NC(C)(C)C1. The minimum atomic E-state index is 0.0160. The van der Waals surface area contributed by atoms with Gasteiger partial charge in [0, 0.05) is 29.2 Å². The van der Waals surface area contributed by atoms with Gasteiger partial charge in [-0.05, 0) is 71.6 Å². The lowest BCUT2D eigenvalue weighted by molar-refractivity contribution is 0.0441. The number of ether oxygens (including phenoxy) is 1. The lowest BCUT2D eigenvalue weighted by Gasteiger charge is -2.49. The summed E-state index contributed by atoms with van der Waals surface area (Å²) in [5.41, 5.74) is 1.80. The highest BCUT2D eigenvalue weighted by Gasteiger charge is 2.41. The number of unbranched alkanes of at least 4 members (excludes halogenated alkanes) is 1. The van der Waals surface area contributed by atoms with Crippen LogP contribution in [0.1, 0.15) is 76.2 Å². The van der Waals surface area contributed by atoms with Crippen LogP contribution in [-0.2, 0) is 0 Å². The molecule has 2 rings (SSSR count). The van der Waals surface area contributed by atoms with Gasteiger partial charge in [-0.1, -0.05) is 19.4 Å². The highest BCUT2D eigenvalue weighted by molar-refractivity contribution is 5.95. The van der Waals surface area contributed by atoms with E-state index in [4.69, 9.17) is 4.74 Å². The summed E-state index contributed by atoms with van der Waals surface area (Å²) in [6.45, 7) is 13.9. The molecule has 0 bridgehead atoms. The summed E-state index contributed by atoms with van der Waals surface area (Å²) in [7, 11) is 1.66. The van der Waals surface area contributed by atoms with Gasteiger partial charge in [0.2, 0.25) is 0 Å². The van der Waals surface area contributed by atoms with Crippen LogP contribution in [0.2, 0.25) is 0 Å². The molecule has 4 nitrogen and oxygen atoms in total. The van der Waals surface area contributed by atoms with Crippen molar-refractivity contribution in [2.45, 2.75) is 84.3 Å². The summed E-state index contributed by atoms with van der Waals surface area (Å²) < 4.78 is 5.43. The number of amides is 1. The van der Waals surface area contributed by atoms with E-state index in [-0.39, 0.29) is 23.0 Å². The number of hydrogen-bond donors (Lipinski definition) is 1. The van der Waals surface area contributed by atoms with Crippen LogP contribution in [0.3, 0.4) is 0 Å². The van der Waals surface area contributed by atoms with Crippen LogP contribution in [0.25, 0.3) is 0 Å². The van der Waals surface area contributed by atoms with E-state index < -0.39 is 0 Å². The van der Waals surface area contributed by atoms with E-state index in [2.05, 4.69) is 44.8 Å². The summed E-state index contributed by atoms with van der Waals surface area (Å²) >= 11 is 0. The maximum Gasteiger partial charge on any atom is 0.254 e. The summed E-state index contributed by atoms with van der Waals surface area (Å²) in [5.74, 6) is 0.896. The average molecular weight is 361 g/mol. The second-order valence-corrected chi connectivity index (χ2v) is 8.99. The number of nitrogens with zero attached hydrogens (tertiary/aromatic N) is 1. The number of benzene rings is 1. The number of nitrogens with one attached hydrogen (secondary N) is 1. The Hall–Kier alpha value is -1.55. The second-order valence-electron chi connectivity index (χ2n) is 8.99. The lowest BCUT2D eigenvalue weighted by Crippen LogP contribution is -2.62. The monoisotopic (exact) mass is 360 g/mol. The molecule has 0 spiro atoms. The Morgan fingerprint density at radius 3 is 2.38 bits per heavy atom. The van der Waals surface area contributed by atoms with Gasteiger partial charge in [0.1, 0.15) is 5.75 Å². The van der Waals surface area contributed by atoms with E-state index in [1.54, 1.807) is 7.11 Å². The topological polar surface area (TPSA) is 41.6 Å². The van der Waals surface area contributed by atoms with Gasteiger partial charge < -0.3 is 15.0 Å². The van der Waals surface area contributed by atoms with Crippen LogP contribution >= 0.6 is 0 Å². The standard InChI is InChI=1S/C22H36N2O2/c1-8-9-12-24(18-14-21(3,4)23-22(5,6)15-18)20(25)17-11-10-16(2)19(13-17)26-7/h10-11,13,18,23H,8-9,12,14-15H2,1-7H3. The molecule has 1 amide bonds. The zero-order valence-corrected chi connectivity index (χ0v) is 17.6. The third kappa shape index (κ3) is 5.00. The van der Waals surface area contributed by atoms with E-state index in [9.17, 15) is 4.79 Å². The van der Waals surface area contributed by atoms with Gasteiger partial charge in [-0.15, -0.1) is 0 Å². The predicted octanol–water partition coefficient (Wildman–Crippen LogP) is 4.56. The maximum atomic E-state index is 13.4. The molecule has 1 aliphatic heterocycles. The third-order valence-electron chi connectivity index (χ3n) is 5.28. The predicted molar refractivity (Wildman–Crippen MR) is 108 cm³/mol. The molecule has 0 radical (unpaired) electrons. The van der Waals surface area contributed by atoms with Crippen LogP contribution < -0.4 is 10.1 Å². The average Bonchev–Trinajstić information content (AvgIpc) is 2.52. The first kappa shape index (κ1) is 20.8. The number of carbonyl (C=O) groups is 1. The number of methoxy groups -OCH3 is 1. The van der Waals surface area contributed by atoms with Crippen molar-refractivity contribution in [1.29, 1.82) is 0 Å². The van der Waals surface area contributed by atoms with Crippen molar-refractivity contribution in [2.24, 2.45) is 0 Å². The van der Waals surface area contributed by atoms with Crippen LogP contribution in [-0.4, -0.2) is 41.6 Å². The molecule has 1 saturated heterocycles. The third-order valence-corrected chi connectivity index (χ3v) is 5.28. The number of piperidine rings is 1. The Bertz CT molecular complexity index is 621. The second kappa shape index (κ2) is 7.99. The molecule has 0 saturated carbocycles. The number of hydrogen-bond acceptors (Lipinski definition) is 3. The Morgan fingerprint density at radius 1 is 1.23 bits per heavy atom. The first-order chi connectivity index (χ1) is 12.1. The molecule has 146 valence electrons. The van der Waals surface area contributed by atoms with Gasteiger partial charge in [0.05, 0.1) is 7.11 Å². The van der Waals surface area contributed by atoms with Crippen LogP contribution in [0.15, 0.2) is 18.2 Å². The zero-order valence-electron chi connectivity index (χ0n) is 17.6. The lowest BCUT2D eigenvalue weighted by atomic mass is 9.78. The molecule has 4 heteroatoms. The Balaban J connectivity index is 2.32. The normalized spacial score (nSPS) is 19.2. The first-order valence-corrected chi connectivity index (χ1v) is 9.83. The van der Waals surface area contributed by atoms with Crippen molar-refractivity contribution in [2.75, 3.05) is 13.7 Å². The molecule has 1 fully saturated rings. The van der Waals surface area contributed by atoms with E-state index in [1.165, 1.54) is 0 Å². The quantitative estimate of drug-likeness (QED) is 0.809. The van der Waals surface area contributed by atoms with Gasteiger partial charge in [-0.2, -0.15) is 0 Å². The fourth-order valence-corrected chi connectivity index (χ4v) is 4.39. The molecule has 0 aromatic heterocycles. The molecule has 1 N–H and O–H groups in total. The fraction of sp³-hybridized carbons (Fsp3) is 0.682. The highest BCUT2D eigenvalue weighted by atomic mass is 16.5. The summed E-state index contributed by atoms with van der Waals surface area (Å²) in [6, 6.07) is 6.03. The van der Waals surface area contributed by atoms with Crippen molar-refractivity contribution < 1.29 is 9.53 Å². The van der Waals surface area contributed by atoms with Gasteiger partial charge in [0.25, 0.3) is 5.91 Å². The van der Waals surface area contributed by atoms with E-state index in [0.717, 1.165) is 49.1 Å². The molecule has 1 heterocycles. The van der Waals surface area contributed by atoms with Gasteiger partial charge in [0.15, 0.2) is 0 Å². The van der Waals surface area contributed by atoms with E-state index in [1.807, 2.05) is 25.1 Å². The minimum absolute atomic E-state index is 0.0160. The number of rotatable bonds is 6. The summed E-state index contributed by atoms with van der Waals surface area (Å²) in [5, 5.41) is 3.72. The molecule has 1 aliphatic rings. The van der Waals surface area contributed by atoms with Crippen LogP contribution in [0.5, 0.6) is 5.75 Å². The molecule has 1 aromatic carbocycles. The smallest absolute Gasteiger partial charge is 0.254 e. The van der Waals surface area contributed by atoms with Crippen molar-refractivity contribution in [3.05, 3.63) is 29.3 Å². The molecule has 0 unspecified atom stereocenters. The Kier molecular flexibility index (Phi) is 6.38. The van der Waals surface area contributed by atoms with E-state index >= 15 is 0 Å². The van der Waals surface area contributed by atoms with E-state index in [0.29, 0.717) is 0 Å². The fourth-order valence-electron chi connectivity index (χ4n) is 4.39. The Labute approximate surface area is 159 Å². The molecule has 1 aromatic rings. The molecule has 26 heavy (non-hydrogen) atoms. The van der Waals surface area contributed by atoms with Crippen molar-refractivity contribution in [3.8, 4) is 5.75 Å². The van der Waals surface area contributed by atoms with Crippen LogP contribution in [0, 0.1) is 6.92 Å². The largest absolute Gasteiger partial charge is 0.496 e. The highest BCUT2D eigenvalue weighted by Crippen LogP contribution is 2.33. The number of carbonyl (C=O) groups excluding carboxylic acids is 1. The van der Waals surface area contributed by atoms with Gasteiger partial charge in [-0.25, -0.2) is 0 Å². The van der Waals surface area contributed by atoms with Gasteiger partial charge >= 0.3 is 0 Å². The maximum absolute atomic E-state index is 13.4. The summed E-state index contributed by atoms with van der Waals surface area (Å²) in [4.78, 5) is 15.5. The first-order valence-electron chi connectivity index (χ1n) is 9.83.